The number of ether oxygens (including phenoxy) is 1. The summed E-state index contributed by atoms with van der Waals surface area (Å²) in [6, 6.07) is 25.3. The molecule has 5 nitrogen and oxygen atoms in total. The van der Waals surface area contributed by atoms with Crippen LogP contribution in [0.4, 0.5) is 5.69 Å². The number of hydrogen-bond acceptors (Lipinski definition) is 4. The van der Waals surface area contributed by atoms with Crippen molar-refractivity contribution in [2.75, 3.05) is 12.5 Å². The minimum atomic E-state index is 0.379. The van der Waals surface area contributed by atoms with Gasteiger partial charge in [-0.1, -0.05) is 71.2 Å². The van der Waals surface area contributed by atoms with Gasteiger partial charge in [0.2, 0.25) is 0 Å². The van der Waals surface area contributed by atoms with Crippen molar-refractivity contribution in [1.82, 2.24) is 9.78 Å². The van der Waals surface area contributed by atoms with Gasteiger partial charge in [0.1, 0.15) is 11.4 Å². The molecule has 0 fully saturated rings. The van der Waals surface area contributed by atoms with Gasteiger partial charge in [-0.2, -0.15) is 10.2 Å². The first kappa shape index (κ1) is 23.2. The van der Waals surface area contributed by atoms with Gasteiger partial charge in [-0.15, -0.1) is 0 Å². The van der Waals surface area contributed by atoms with E-state index in [1.165, 1.54) is 0 Å². The van der Waals surface area contributed by atoms with E-state index in [0.717, 1.165) is 39.0 Å². The van der Waals surface area contributed by atoms with E-state index in [0.29, 0.717) is 20.8 Å². The second-order valence-corrected chi connectivity index (χ2v) is 9.01. The fourth-order valence-electron chi connectivity index (χ4n) is 3.73. The Labute approximate surface area is 217 Å². The molecule has 8 heteroatoms. The van der Waals surface area contributed by atoms with E-state index in [2.05, 4.69) is 22.7 Å². The van der Waals surface area contributed by atoms with Gasteiger partial charge >= 0.3 is 0 Å². The predicted octanol–water partition coefficient (Wildman–Crippen LogP) is 8.11. The number of halogens is 3. The normalized spacial score (nSPS) is 11.3. The van der Waals surface area contributed by atoms with Crippen LogP contribution in [0, 0.1) is 0 Å². The number of hydrazone groups is 1. The van der Waals surface area contributed by atoms with E-state index in [1.807, 2.05) is 65.5 Å². The van der Waals surface area contributed by atoms with Crippen LogP contribution in [0.25, 0.3) is 27.7 Å². The molecule has 1 N–H and O–H groups in total. The van der Waals surface area contributed by atoms with E-state index < -0.39 is 0 Å². The smallest absolute Gasteiger partial charge is 0.119 e. The summed E-state index contributed by atoms with van der Waals surface area (Å²) in [5.41, 5.74) is 6.90. The summed E-state index contributed by atoms with van der Waals surface area (Å²) in [4.78, 5) is 0. The molecule has 0 saturated carbocycles. The maximum Gasteiger partial charge on any atom is 0.119 e. The Hall–Kier alpha value is -3.51. The van der Waals surface area contributed by atoms with Crippen molar-refractivity contribution in [3.63, 3.8) is 0 Å². The van der Waals surface area contributed by atoms with Crippen LogP contribution in [0.15, 0.2) is 90.2 Å². The van der Waals surface area contributed by atoms with Gasteiger partial charge in [-0.25, -0.2) is 4.68 Å². The van der Waals surface area contributed by atoms with E-state index in [1.54, 1.807) is 25.5 Å². The molecule has 0 unspecified atom stereocenters. The average molecular weight is 522 g/mol. The fourth-order valence-corrected chi connectivity index (χ4v) is 4.63. The van der Waals surface area contributed by atoms with E-state index in [9.17, 15) is 0 Å². The first-order chi connectivity index (χ1) is 17.0. The van der Waals surface area contributed by atoms with Gasteiger partial charge in [0.15, 0.2) is 0 Å². The summed E-state index contributed by atoms with van der Waals surface area (Å²) in [6.07, 6.45) is 3.63. The molecular weight excluding hydrogens is 503 g/mol. The molecule has 4 aromatic carbocycles. The van der Waals surface area contributed by atoms with Gasteiger partial charge in [-0.3, -0.25) is 5.43 Å². The highest BCUT2D eigenvalue weighted by Gasteiger charge is 2.13. The second-order valence-electron chi connectivity index (χ2n) is 7.76. The van der Waals surface area contributed by atoms with Crippen LogP contribution in [-0.4, -0.2) is 23.1 Å². The highest BCUT2D eigenvalue weighted by molar-refractivity contribution is 6.41. The quantitative estimate of drug-likeness (QED) is 0.181. The van der Waals surface area contributed by atoms with Gasteiger partial charge in [0.05, 0.1) is 34.7 Å². The van der Waals surface area contributed by atoms with Crippen LogP contribution in [0.3, 0.4) is 0 Å². The lowest BCUT2D eigenvalue weighted by atomic mass is 10.0. The van der Waals surface area contributed by atoms with Crippen molar-refractivity contribution in [3.05, 3.63) is 106 Å². The predicted molar refractivity (Wildman–Crippen MR) is 146 cm³/mol. The Balaban J connectivity index is 1.55. The lowest BCUT2D eigenvalue weighted by Crippen LogP contribution is -1.94. The van der Waals surface area contributed by atoms with Crippen molar-refractivity contribution in [2.45, 2.75) is 0 Å². The third-order valence-corrected chi connectivity index (χ3v) is 6.29. The third-order valence-electron chi connectivity index (χ3n) is 5.47. The van der Waals surface area contributed by atoms with Crippen LogP contribution in [0.5, 0.6) is 5.75 Å². The maximum atomic E-state index is 6.27. The number of nitrogens with zero attached hydrogens (tertiary/aromatic N) is 3. The lowest BCUT2D eigenvalue weighted by molar-refractivity contribution is 0.415. The standard InChI is InChI=1S/C27H19Cl3N4O/c1-35-23-10-9-17-11-19(8-7-18(17)12-23)26-20(16-34(33-26)22-5-3-2-4-6-22)15-31-32-27-24(29)13-21(28)14-25(27)30/h2-16,32H,1H3/b31-15+. The minimum absolute atomic E-state index is 0.379. The van der Waals surface area contributed by atoms with Crippen LogP contribution < -0.4 is 10.2 Å². The number of para-hydroxylation sites is 1. The molecule has 0 aliphatic carbocycles. The van der Waals surface area contributed by atoms with Crippen molar-refractivity contribution < 1.29 is 4.74 Å². The third kappa shape index (κ3) is 4.98. The summed E-state index contributed by atoms with van der Waals surface area (Å²) in [5, 5.41) is 12.6. The van der Waals surface area contributed by atoms with Crippen LogP contribution in [0.2, 0.25) is 15.1 Å². The van der Waals surface area contributed by atoms with Gasteiger partial charge in [-0.05, 0) is 53.2 Å². The number of hydrogen-bond donors (Lipinski definition) is 1. The molecule has 0 amide bonds. The lowest BCUT2D eigenvalue weighted by Gasteiger charge is -2.07. The maximum absolute atomic E-state index is 6.27. The first-order valence-electron chi connectivity index (χ1n) is 10.7. The fraction of sp³-hybridized carbons (Fsp3) is 0.0370. The number of benzene rings is 4. The molecule has 0 radical (unpaired) electrons. The van der Waals surface area contributed by atoms with Gasteiger partial charge in [0, 0.05) is 22.3 Å². The van der Waals surface area contributed by atoms with Gasteiger partial charge in [0.25, 0.3) is 0 Å². The molecule has 1 heterocycles. The number of aromatic nitrogens is 2. The van der Waals surface area contributed by atoms with Crippen LogP contribution in [-0.2, 0) is 0 Å². The molecule has 0 aliphatic rings. The highest BCUT2D eigenvalue weighted by Crippen LogP contribution is 2.34. The second kappa shape index (κ2) is 10.0. The number of rotatable bonds is 6. The molecule has 5 aromatic rings. The molecule has 174 valence electrons. The number of methoxy groups -OCH3 is 1. The molecule has 0 aliphatic heterocycles. The highest BCUT2D eigenvalue weighted by atomic mass is 35.5. The molecule has 0 spiro atoms. The summed E-state index contributed by atoms with van der Waals surface area (Å²) in [6.45, 7) is 0. The monoisotopic (exact) mass is 520 g/mol. The van der Waals surface area contributed by atoms with Crippen molar-refractivity contribution >= 4 is 57.5 Å². The largest absolute Gasteiger partial charge is 0.497 e. The summed E-state index contributed by atoms with van der Waals surface area (Å²) in [5.74, 6) is 0.817. The SMILES string of the molecule is COc1ccc2cc(-c3nn(-c4ccccc4)cc3/C=N/Nc3c(Cl)cc(Cl)cc3Cl)ccc2c1. The van der Waals surface area contributed by atoms with Crippen LogP contribution >= 0.6 is 34.8 Å². The first-order valence-corrected chi connectivity index (χ1v) is 11.8. The zero-order valence-electron chi connectivity index (χ0n) is 18.5. The Morgan fingerprint density at radius 1 is 0.886 bits per heavy atom. The Morgan fingerprint density at radius 3 is 2.34 bits per heavy atom. The molecule has 35 heavy (non-hydrogen) atoms. The van der Waals surface area contributed by atoms with Crippen LogP contribution in [0.1, 0.15) is 5.56 Å². The summed E-state index contributed by atoms with van der Waals surface area (Å²) in [7, 11) is 1.66. The zero-order chi connectivity index (χ0) is 24.4. The van der Waals surface area contributed by atoms with E-state index >= 15 is 0 Å². The molecule has 1 aromatic heterocycles. The Kier molecular flexibility index (Phi) is 6.64. The molecule has 0 bridgehead atoms. The average Bonchev–Trinajstić information content (AvgIpc) is 3.29. The van der Waals surface area contributed by atoms with E-state index in [4.69, 9.17) is 44.6 Å². The molecule has 0 atom stereocenters. The van der Waals surface area contributed by atoms with Crippen molar-refractivity contribution in [1.29, 1.82) is 0 Å². The number of nitrogens with one attached hydrogen (secondary N) is 1. The number of fused-ring (bicyclic) bond motifs is 1. The minimum Gasteiger partial charge on any atom is -0.497 e. The summed E-state index contributed by atoms with van der Waals surface area (Å²) < 4.78 is 7.18. The zero-order valence-corrected chi connectivity index (χ0v) is 20.8. The summed E-state index contributed by atoms with van der Waals surface area (Å²) >= 11 is 18.6. The molecule has 0 saturated heterocycles. The molecule has 5 rings (SSSR count). The van der Waals surface area contributed by atoms with E-state index in [-0.39, 0.29) is 0 Å². The Bertz CT molecular complexity index is 1520. The van der Waals surface area contributed by atoms with Gasteiger partial charge < -0.3 is 4.74 Å². The number of anilines is 1. The molecular formula is C27H19Cl3N4O. The van der Waals surface area contributed by atoms with Crippen molar-refractivity contribution in [2.24, 2.45) is 5.10 Å². The van der Waals surface area contributed by atoms with Crippen molar-refractivity contribution in [3.8, 4) is 22.7 Å². The Morgan fingerprint density at radius 2 is 1.60 bits per heavy atom. The topological polar surface area (TPSA) is 51.4 Å².